The van der Waals surface area contributed by atoms with E-state index in [-0.39, 0.29) is 0 Å². The lowest BCUT2D eigenvalue weighted by atomic mass is 10.2. The Bertz CT molecular complexity index is 199. The first-order chi connectivity index (χ1) is 7.74. The van der Waals surface area contributed by atoms with Crippen molar-refractivity contribution < 1.29 is 4.74 Å². The standard InChI is InChI=1S/C12H24N2OS/c1-10-8-14(9-11(2)16-10)5-3-12-7-13-4-6-15-12/h10-13H,3-9H2,1-2H3. The van der Waals surface area contributed by atoms with E-state index in [0.717, 1.165) is 30.2 Å². The van der Waals surface area contributed by atoms with Gasteiger partial charge in [-0.15, -0.1) is 0 Å². The highest BCUT2D eigenvalue weighted by atomic mass is 32.2. The van der Waals surface area contributed by atoms with Gasteiger partial charge in [-0.25, -0.2) is 0 Å². The van der Waals surface area contributed by atoms with Crippen LogP contribution in [-0.4, -0.2) is 60.8 Å². The lowest BCUT2D eigenvalue weighted by Crippen LogP contribution is -2.44. The van der Waals surface area contributed by atoms with Crippen LogP contribution in [0.1, 0.15) is 20.3 Å². The third kappa shape index (κ3) is 3.91. The van der Waals surface area contributed by atoms with Crippen LogP contribution in [0.3, 0.4) is 0 Å². The summed E-state index contributed by atoms with van der Waals surface area (Å²) in [4.78, 5) is 2.60. The van der Waals surface area contributed by atoms with E-state index < -0.39 is 0 Å². The summed E-state index contributed by atoms with van der Waals surface area (Å²) in [7, 11) is 0. The topological polar surface area (TPSA) is 24.5 Å². The zero-order valence-electron chi connectivity index (χ0n) is 10.4. The minimum atomic E-state index is 0.439. The van der Waals surface area contributed by atoms with E-state index in [1.807, 2.05) is 0 Å². The number of ether oxygens (including phenoxy) is 1. The molecular formula is C12H24N2OS. The van der Waals surface area contributed by atoms with Crippen molar-refractivity contribution >= 4 is 11.8 Å². The second-order valence-corrected chi connectivity index (χ2v) is 6.88. The SMILES string of the molecule is CC1CN(CCC2CNCCO2)CC(C)S1. The molecule has 0 aromatic heterocycles. The van der Waals surface area contributed by atoms with Gasteiger partial charge in [0.2, 0.25) is 0 Å². The van der Waals surface area contributed by atoms with Crippen LogP contribution in [-0.2, 0) is 4.74 Å². The van der Waals surface area contributed by atoms with Crippen LogP contribution in [0.15, 0.2) is 0 Å². The summed E-state index contributed by atoms with van der Waals surface area (Å²) < 4.78 is 5.73. The molecule has 1 N–H and O–H groups in total. The first-order valence-electron chi connectivity index (χ1n) is 6.44. The average Bonchev–Trinajstić information content (AvgIpc) is 2.27. The van der Waals surface area contributed by atoms with Gasteiger partial charge in [0.25, 0.3) is 0 Å². The summed E-state index contributed by atoms with van der Waals surface area (Å²) in [5.41, 5.74) is 0. The van der Waals surface area contributed by atoms with Crippen molar-refractivity contribution in [3.05, 3.63) is 0 Å². The van der Waals surface area contributed by atoms with Gasteiger partial charge in [-0.05, 0) is 6.42 Å². The number of rotatable bonds is 3. The Morgan fingerprint density at radius 2 is 2.06 bits per heavy atom. The van der Waals surface area contributed by atoms with Gasteiger partial charge in [-0.1, -0.05) is 13.8 Å². The van der Waals surface area contributed by atoms with Crippen molar-refractivity contribution in [1.29, 1.82) is 0 Å². The summed E-state index contributed by atoms with van der Waals surface area (Å²) in [5.74, 6) is 0. The molecule has 2 aliphatic rings. The number of hydrogen-bond donors (Lipinski definition) is 1. The summed E-state index contributed by atoms with van der Waals surface area (Å²) in [6.45, 7) is 11.3. The number of morpholine rings is 1. The summed E-state index contributed by atoms with van der Waals surface area (Å²) in [6, 6.07) is 0. The highest BCUT2D eigenvalue weighted by Crippen LogP contribution is 2.24. The van der Waals surface area contributed by atoms with Crippen molar-refractivity contribution in [2.45, 2.75) is 36.9 Å². The number of hydrogen-bond acceptors (Lipinski definition) is 4. The molecule has 0 aromatic rings. The van der Waals surface area contributed by atoms with Gasteiger partial charge in [-0.3, -0.25) is 0 Å². The Balaban J connectivity index is 1.68. The molecule has 0 aromatic carbocycles. The van der Waals surface area contributed by atoms with E-state index in [1.165, 1.54) is 26.1 Å². The predicted octanol–water partition coefficient (Wildman–Crippen LogP) is 1.19. The minimum Gasteiger partial charge on any atom is -0.376 e. The number of thioether (sulfide) groups is 1. The molecule has 16 heavy (non-hydrogen) atoms. The molecule has 3 nitrogen and oxygen atoms in total. The highest BCUT2D eigenvalue weighted by molar-refractivity contribution is 8.00. The van der Waals surface area contributed by atoms with Crippen molar-refractivity contribution in [2.24, 2.45) is 0 Å². The maximum atomic E-state index is 5.73. The molecule has 0 bridgehead atoms. The smallest absolute Gasteiger partial charge is 0.0712 e. The quantitative estimate of drug-likeness (QED) is 0.806. The van der Waals surface area contributed by atoms with E-state index in [1.54, 1.807) is 0 Å². The molecule has 2 fully saturated rings. The molecule has 94 valence electrons. The largest absolute Gasteiger partial charge is 0.376 e. The van der Waals surface area contributed by atoms with Crippen LogP contribution in [0, 0.1) is 0 Å². The van der Waals surface area contributed by atoms with Gasteiger partial charge in [0, 0.05) is 43.2 Å². The molecule has 4 heteroatoms. The van der Waals surface area contributed by atoms with Crippen LogP contribution >= 0.6 is 11.8 Å². The third-order valence-electron chi connectivity index (χ3n) is 3.27. The molecule has 2 aliphatic heterocycles. The van der Waals surface area contributed by atoms with Gasteiger partial charge in [0.15, 0.2) is 0 Å². The van der Waals surface area contributed by atoms with E-state index >= 15 is 0 Å². The van der Waals surface area contributed by atoms with Crippen molar-refractivity contribution in [3.8, 4) is 0 Å². The van der Waals surface area contributed by atoms with Crippen LogP contribution in [0.5, 0.6) is 0 Å². The summed E-state index contributed by atoms with van der Waals surface area (Å²) >= 11 is 2.12. The third-order valence-corrected chi connectivity index (χ3v) is 4.49. The van der Waals surface area contributed by atoms with Gasteiger partial charge in [0.05, 0.1) is 12.7 Å². The predicted molar refractivity (Wildman–Crippen MR) is 70.2 cm³/mol. The fourth-order valence-corrected chi connectivity index (χ4v) is 3.99. The maximum Gasteiger partial charge on any atom is 0.0712 e. The zero-order valence-corrected chi connectivity index (χ0v) is 11.3. The lowest BCUT2D eigenvalue weighted by Gasteiger charge is -2.35. The Hall–Kier alpha value is 0.230. The molecule has 3 atom stereocenters. The molecule has 3 unspecified atom stereocenters. The van der Waals surface area contributed by atoms with E-state index in [0.29, 0.717) is 6.10 Å². The second-order valence-electron chi connectivity index (χ2n) is 5.00. The monoisotopic (exact) mass is 244 g/mol. The normalized spacial score (nSPS) is 37.5. The highest BCUT2D eigenvalue weighted by Gasteiger charge is 2.23. The van der Waals surface area contributed by atoms with E-state index in [4.69, 9.17) is 4.74 Å². The van der Waals surface area contributed by atoms with Crippen LogP contribution in [0.25, 0.3) is 0 Å². The molecule has 2 heterocycles. The van der Waals surface area contributed by atoms with E-state index in [9.17, 15) is 0 Å². The lowest BCUT2D eigenvalue weighted by molar-refractivity contribution is 0.0173. The van der Waals surface area contributed by atoms with Gasteiger partial charge in [0.1, 0.15) is 0 Å². The van der Waals surface area contributed by atoms with Gasteiger partial charge < -0.3 is 15.0 Å². The summed E-state index contributed by atoms with van der Waals surface area (Å²) in [5, 5.41) is 4.96. The fraction of sp³-hybridized carbons (Fsp3) is 1.00. The Morgan fingerprint density at radius 1 is 1.31 bits per heavy atom. The summed E-state index contributed by atoms with van der Waals surface area (Å²) in [6.07, 6.45) is 1.62. The van der Waals surface area contributed by atoms with Crippen molar-refractivity contribution in [3.63, 3.8) is 0 Å². The Labute approximate surface area is 103 Å². The molecule has 0 radical (unpaired) electrons. The molecule has 0 saturated carbocycles. The molecule has 0 aliphatic carbocycles. The molecule has 0 amide bonds. The molecule has 2 saturated heterocycles. The van der Waals surface area contributed by atoms with E-state index in [2.05, 4.69) is 35.8 Å². The second kappa shape index (κ2) is 6.24. The van der Waals surface area contributed by atoms with Crippen LogP contribution in [0.2, 0.25) is 0 Å². The van der Waals surface area contributed by atoms with Crippen molar-refractivity contribution in [2.75, 3.05) is 39.3 Å². The molecule has 0 spiro atoms. The first kappa shape index (κ1) is 12.7. The molecule has 2 rings (SSSR count). The fourth-order valence-electron chi connectivity index (χ4n) is 2.60. The first-order valence-corrected chi connectivity index (χ1v) is 7.38. The number of nitrogens with zero attached hydrogens (tertiary/aromatic N) is 1. The van der Waals surface area contributed by atoms with Gasteiger partial charge in [-0.2, -0.15) is 11.8 Å². The maximum absolute atomic E-state index is 5.73. The zero-order chi connectivity index (χ0) is 11.4. The van der Waals surface area contributed by atoms with Crippen LogP contribution < -0.4 is 5.32 Å². The van der Waals surface area contributed by atoms with Gasteiger partial charge >= 0.3 is 0 Å². The van der Waals surface area contributed by atoms with Crippen LogP contribution in [0.4, 0.5) is 0 Å². The average molecular weight is 244 g/mol. The van der Waals surface area contributed by atoms with Crippen molar-refractivity contribution in [1.82, 2.24) is 10.2 Å². The molecular weight excluding hydrogens is 220 g/mol. The Morgan fingerprint density at radius 3 is 2.69 bits per heavy atom. The number of nitrogens with one attached hydrogen (secondary N) is 1. The minimum absolute atomic E-state index is 0.439. The Kier molecular flexibility index (Phi) is 4.95.